The summed E-state index contributed by atoms with van der Waals surface area (Å²) < 4.78 is 22.8. The van der Waals surface area contributed by atoms with E-state index in [2.05, 4.69) is 10.6 Å². The van der Waals surface area contributed by atoms with Gasteiger partial charge in [-0.1, -0.05) is 13.8 Å². The quantitative estimate of drug-likeness (QED) is 0.809. The molecule has 1 amide bonds. The zero-order chi connectivity index (χ0) is 16.0. The number of rotatable bonds is 7. The number of carbonyl (C=O) groups excluding carboxylic acids is 1. The van der Waals surface area contributed by atoms with Gasteiger partial charge in [-0.15, -0.1) is 0 Å². The first-order valence-corrected chi connectivity index (χ1v) is 9.04. The van der Waals surface area contributed by atoms with E-state index in [0.29, 0.717) is 0 Å². The molecule has 1 rings (SSSR count). The molecule has 0 heterocycles. The Morgan fingerprint density at radius 1 is 1.14 bits per heavy atom. The van der Waals surface area contributed by atoms with Gasteiger partial charge in [0.2, 0.25) is 5.91 Å². The molecular weight excluding hydrogens is 288 g/mol. The van der Waals surface area contributed by atoms with Crippen molar-refractivity contribution in [1.82, 2.24) is 5.32 Å². The van der Waals surface area contributed by atoms with Crippen LogP contribution in [0.1, 0.15) is 33.6 Å². The number of hydrogen-bond acceptors (Lipinski definition) is 4. The summed E-state index contributed by atoms with van der Waals surface area (Å²) in [6.45, 7) is 5.86. The van der Waals surface area contributed by atoms with Gasteiger partial charge in [0, 0.05) is 18.0 Å². The zero-order valence-electron chi connectivity index (χ0n) is 13.0. The van der Waals surface area contributed by atoms with E-state index in [9.17, 15) is 13.2 Å². The molecule has 0 aromatic heterocycles. The van der Waals surface area contributed by atoms with Gasteiger partial charge >= 0.3 is 0 Å². The third-order valence-electron chi connectivity index (χ3n) is 3.39. The van der Waals surface area contributed by atoms with Crippen LogP contribution in [0.5, 0.6) is 0 Å². The molecule has 0 aliphatic heterocycles. The Morgan fingerprint density at radius 2 is 1.67 bits per heavy atom. The van der Waals surface area contributed by atoms with Crippen molar-refractivity contribution in [3.05, 3.63) is 24.3 Å². The number of anilines is 1. The maximum atomic E-state index is 12.0. The SMILES string of the molecule is CCC(CC)NC(=O)C(C)Nc1ccc(S(C)(=O)=O)cc1. The first-order valence-electron chi connectivity index (χ1n) is 7.15. The van der Waals surface area contributed by atoms with Crippen molar-refractivity contribution in [3.63, 3.8) is 0 Å². The van der Waals surface area contributed by atoms with Crippen molar-refractivity contribution in [2.75, 3.05) is 11.6 Å². The Morgan fingerprint density at radius 3 is 2.10 bits per heavy atom. The fourth-order valence-electron chi connectivity index (χ4n) is 1.93. The van der Waals surface area contributed by atoms with Crippen LogP contribution >= 0.6 is 0 Å². The van der Waals surface area contributed by atoms with Crippen LogP contribution in [-0.4, -0.2) is 32.7 Å². The summed E-state index contributed by atoms with van der Waals surface area (Å²) in [7, 11) is -3.19. The van der Waals surface area contributed by atoms with E-state index in [-0.39, 0.29) is 22.9 Å². The van der Waals surface area contributed by atoms with E-state index in [1.165, 1.54) is 18.4 Å². The molecule has 6 heteroatoms. The average Bonchev–Trinajstić information content (AvgIpc) is 2.44. The molecular formula is C15H24N2O3S. The largest absolute Gasteiger partial charge is 0.374 e. The number of carbonyl (C=O) groups is 1. The van der Waals surface area contributed by atoms with E-state index in [4.69, 9.17) is 0 Å². The summed E-state index contributed by atoms with van der Waals surface area (Å²) in [5.41, 5.74) is 0.717. The monoisotopic (exact) mass is 312 g/mol. The number of sulfone groups is 1. The Balaban J connectivity index is 2.66. The highest BCUT2D eigenvalue weighted by Gasteiger charge is 2.15. The van der Waals surface area contributed by atoms with Crippen molar-refractivity contribution in [2.24, 2.45) is 0 Å². The minimum Gasteiger partial charge on any atom is -0.374 e. The van der Waals surface area contributed by atoms with Crippen LogP contribution in [0.2, 0.25) is 0 Å². The van der Waals surface area contributed by atoms with Crippen molar-refractivity contribution < 1.29 is 13.2 Å². The zero-order valence-corrected chi connectivity index (χ0v) is 13.8. The average molecular weight is 312 g/mol. The highest BCUT2D eigenvalue weighted by molar-refractivity contribution is 7.90. The summed E-state index contributed by atoms with van der Waals surface area (Å²) in [6.07, 6.45) is 2.97. The minimum atomic E-state index is -3.19. The molecule has 5 nitrogen and oxygen atoms in total. The minimum absolute atomic E-state index is 0.0594. The van der Waals surface area contributed by atoms with Gasteiger partial charge in [0.1, 0.15) is 6.04 Å². The van der Waals surface area contributed by atoms with E-state index in [1.807, 2.05) is 13.8 Å². The molecule has 0 bridgehead atoms. The second-order valence-electron chi connectivity index (χ2n) is 5.18. The predicted molar refractivity (Wildman–Crippen MR) is 85.1 cm³/mol. The number of nitrogens with one attached hydrogen (secondary N) is 2. The van der Waals surface area contributed by atoms with Gasteiger partial charge in [-0.05, 0) is 44.0 Å². The normalized spacial score (nSPS) is 13.0. The van der Waals surface area contributed by atoms with E-state index in [1.54, 1.807) is 19.1 Å². The Hall–Kier alpha value is -1.56. The second kappa shape index (κ2) is 7.45. The summed E-state index contributed by atoms with van der Waals surface area (Å²) in [6, 6.07) is 6.20. The van der Waals surface area contributed by atoms with Gasteiger partial charge in [-0.3, -0.25) is 4.79 Å². The molecule has 0 aliphatic rings. The fraction of sp³-hybridized carbons (Fsp3) is 0.533. The maximum absolute atomic E-state index is 12.0. The van der Waals surface area contributed by atoms with Gasteiger partial charge in [-0.2, -0.15) is 0 Å². The van der Waals surface area contributed by atoms with Gasteiger partial charge in [0.05, 0.1) is 4.90 Å². The lowest BCUT2D eigenvalue weighted by atomic mass is 10.1. The number of hydrogen-bond donors (Lipinski definition) is 2. The predicted octanol–water partition coefficient (Wildman–Crippen LogP) is 2.20. The van der Waals surface area contributed by atoms with Crippen LogP contribution in [0.3, 0.4) is 0 Å². The van der Waals surface area contributed by atoms with Crippen LogP contribution < -0.4 is 10.6 Å². The molecule has 0 spiro atoms. The molecule has 1 aromatic carbocycles. The molecule has 118 valence electrons. The molecule has 0 radical (unpaired) electrons. The topological polar surface area (TPSA) is 75.3 Å². The third-order valence-corrected chi connectivity index (χ3v) is 4.52. The Labute approximate surface area is 127 Å². The van der Waals surface area contributed by atoms with Crippen LogP contribution in [-0.2, 0) is 14.6 Å². The van der Waals surface area contributed by atoms with Crippen molar-refractivity contribution in [2.45, 2.75) is 50.6 Å². The lowest BCUT2D eigenvalue weighted by Crippen LogP contribution is -2.42. The molecule has 21 heavy (non-hydrogen) atoms. The summed E-state index contributed by atoms with van der Waals surface area (Å²) in [5.74, 6) is -0.0594. The molecule has 0 aliphatic carbocycles. The molecule has 1 unspecified atom stereocenters. The first-order chi connectivity index (χ1) is 9.77. The van der Waals surface area contributed by atoms with Gasteiger partial charge < -0.3 is 10.6 Å². The van der Waals surface area contributed by atoms with E-state index in [0.717, 1.165) is 18.5 Å². The third kappa shape index (κ3) is 5.38. The molecule has 1 aromatic rings. The standard InChI is InChI=1S/C15H24N2O3S/c1-5-12(6-2)17-15(18)11(3)16-13-7-9-14(10-8-13)21(4,19)20/h7-12,16H,5-6H2,1-4H3,(H,17,18). The van der Waals surface area contributed by atoms with Crippen LogP contribution in [0.25, 0.3) is 0 Å². The Kier molecular flexibility index (Phi) is 6.20. The molecule has 0 saturated carbocycles. The fourth-order valence-corrected chi connectivity index (χ4v) is 2.56. The first kappa shape index (κ1) is 17.5. The van der Waals surface area contributed by atoms with Gasteiger partial charge in [-0.25, -0.2) is 8.42 Å². The molecule has 1 atom stereocenters. The summed E-state index contributed by atoms with van der Waals surface area (Å²) >= 11 is 0. The molecule has 0 saturated heterocycles. The van der Waals surface area contributed by atoms with Gasteiger partial charge in [0.25, 0.3) is 0 Å². The smallest absolute Gasteiger partial charge is 0.242 e. The van der Waals surface area contributed by atoms with Crippen molar-refractivity contribution in [3.8, 4) is 0 Å². The van der Waals surface area contributed by atoms with E-state index < -0.39 is 9.84 Å². The number of benzene rings is 1. The van der Waals surface area contributed by atoms with Crippen LogP contribution in [0, 0.1) is 0 Å². The Bertz CT molecular complexity index is 563. The summed E-state index contributed by atoms with van der Waals surface area (Å²) in [5, 5.41) is 6.04. The highest BCUT2D eigenvalue weighted by atomic mass is 32.2. The molecule has 2 N–H and O–H groups in total. The highest BCUT2D eigenvalue weighted by Crippen LogP contribution is 2.14. The van der Waals surface area contributed by atoms with Crippen molar-refractivity contribution >= 4 is 21.4 Å². The number of amides is 1. The van der Waals surface area contributed by atoms with Crippen LogP contribution in [0.15, 0.2) is 29.2 Å². The van der Waals surface area contributed by atoms with Crippen molar-refractivity contribution in [1.29, 1.82) is 0 Å². The lowest BCUT2D eigenvalue weighted by molar-refractivity contribution is -0.122. The van der Waals surface area contributed by atoms with E-state index >= 15 is 0 Å². The maximum Gasteiger partial charge on any atom is 0.242 e. The second-order valence-corrected chi connectivity index (χ2v) is 7.20. The van der Waals surface area contributed by atoms with Gasteiger partial charge in [0.15, 0.2) is 9.84 Å². The summed E-state index contributed by atoms with van der Waals surface area (Å²) in [4.78, 5) is 12.3. The van der Waals surface area contributed by atoms with Crippen LogP contribution in [0.4, 0.5) is 5.69 Å². The lowest BCUT2D eigenvalue weighted by Gasteiger charge is -2.20. The molecule has 0 fully saturated rings.